The molecule has 5 nitrogen and oxygen atoms in total. The summed E-state index contributed by atoms with van der Waals surface area (Å²) in [5, 5.41) is 1.94. The minimum Gasteiger partial charge on any atom is -0.364 e. The number of hydrogen-bond donors (Lipinski definition) is 0. The standard InChI is InChI=1S/C20H20BrN3O2S/c1-2-22-9-11-23(12-10-22)18-17(16-4-3-13-27-16)19(25)24(20(18)26)15-7-5-14(21)6-8-15/h3-8,13H,2,9-12H2,1H3. The van der Waals surface area contributed by atoms with Gasteiger partial charge in [0.25, 0.3) is 11.8 Å². The van der Waals surface area contributed by atoms with E-state index in [1.165, 1.54) is 16.2 Å². The van der Waals surface area contributed by atoms with Crippen LogP contribution in [0, 0.1) is 0 Å². The van der Waals surface area contributed by atoms with E-state index in [0.717, 1.165) is 42.1 Å². The van der Waals surface area contributed by atoms with Crippen LogP contribution < -0.4 is 4.90 Å². The summed E-state index contributed by atoms with van der Waals surface area (Å²) in [4.78, 5) is 33.2. The number of nitrogens with zero attached hydrogens (tertiary/aromatic N) is 3. The molecule has 1 aromatic heterocycles. The van der Waals surface area contributed by atoms with Crippen molar-refractivity contribution in [1.82, 2.24) is 9.80 Å². The molecule has 0 atom stereocenters. The third kappa shape index (κ3) is 3.35. The van der Waals surface area contributed by atoms with Gasteiger partial charge in [0, 0.05) is 35.5 Å². The summed E-state index contributed by atoms with van der Waals surface area (Å²) in [5.41, 5.74) is 1.67. The van der Waals surface area contributed by atoms with Crippen molar-refractivity contribution in [3.8, 4) is 0 Å². The number of amides is 2. The van der Waals surface area contributed by atoms with E-state index in [2.05, 4.69) is 32.7 Å². The number of anilines is 1. The van der Waals surface area contributed by atoms with Crippen LogP contribution in [0.1, 0.15) is 11.8 Å². The van der Waals surface area contributed by atoms with E-state index in [1.54, 1.807) is 12.1 Å². The molecule has 27 heavy (non-hydrogen) atoms. The van der Waals surface area contributed by atoms with Crippen molar-refractivity contribution in [1.29, 1.82) is 0 Å². The second-order valence-electron chi connectivity index (χ2n) is 6.54. The Labute approximate surface area is 171 Å². The quantitative estimate of drug-likeness (QED) is 0.676. The normalized spacial score (nSPS) is 18.7. The Morgan fingerprint density at radius 3 is 2.30 bits per heavy atom. The average Bonchev–Trinajstić information content (AvgIpc) is 3.29. The molecule has 0 unspecified atom stereocenters. The predicted octanol–water partition coefficient (Wildman–Crippen LogP) is 3.43. The highest BCUT2D eigenvalue weighted by Gasteiger charge is 2.43. The van der Waals surface area contributed by atoms with E-state index < -0.39 is 0 Å². The van der Waals surface area contributed by atoms with Gasteiger partial charge in [-0.05, 0) is 42.3 Å². The lowest BCUT2D eigenvalue weighted by molar-refractivity contribution is -0.120. The lowest BCUT2D eigenvalue weighted by Crippen LogP contribution is -2.47. The van der Waals surface area contributed by atoms with Crippen LogP contribution in [-0.2, 0) is 9.59 Å². The molecule has 2 aliphatic heterocycles. The Balaban J connectivity index is 1.73. The monoisotopic (exact) mass is 445 g/mol. The van der Waals surface area contributed by atoms with E-state index >= 15 is 0 Å². The molecule has 1 saturated heterocycles. The van der Waals surface area contributed by atoms with Crippen molar-refractivity contribution >= 4 is 50.3 Å². The molecule has 4 rings (SSSR count). The fraction of sp³-hybridized carbons (Fsp3) is 0.300. The molecule has 0 aliphatic carbocycles. The first-order valence-electron chi connectivity index (χ1n) is 9.00. The zero-order valence-corrected chi connectivity index (χ0v) is 17.4. The molecule has 2 aromatic rings. The maximum atomic E-state index is 13.3. The Kier molecular flexibility index (Phi) is 5.16. The largest absolute Gasteiger partial charge is 0.364 e. The zero-order valence-electron chi connectivity index (χ0n) is 15.0. The first-order chi connectivity index (χ1) is 13.1. The number of carbonyl (C=O) groups excluding carboxylic acids is 2. The number of hydrogen-bond acceptors (Lipinski definition) is 5. The van der Waals surface area contributed by atoms with Crippen LogP contribution in [0.2, 0.25) is 0 Å². The molecule has 1 fully saturated rings. The second-order valence-corrected chi connectivity index (χ2v) is 8.41. The maximum Gasteiger partial charge on any atom is 0.282 e. The topological polar surface area (TPSA) is 43.9 Å². The van der Waals surface area contributed by atoms with Crippen LogP contribution in [0.25, 0.3) is 5.57 Å². The second kappa shape index (κ2) is 7.58. The van der Waals surface area contributed by atoms with Crippen LogP contribution in [0.5, 0.6) is 0 Å². The average molecular weight is 446 g/mol. The molecule has 3 heterocycles. The van der Waals surface area contributed by atoms with Crippen molar-refractivity contribution in [2.24, 2.45) is 0 Å². The summed E-state index contributed by atoms with van der Waals surface area (Å²) in [7, 11) is 0. The van der Waals surface area contributed by atoms with Gasteiger partial charge in [0.15, 0.2) is 0 Å². The maximum absolute atomic E-state index is 13.3. The molecule has 0 saturated carbocycles. The summed E-state index contributed by atoms with van der Waals surface area (Å²) < 4.78 is 0.910. The summed E-state index contributed by atoms with van der Waals surface area (Å²) in [6, 6.07) is 11.1. The van der Waals surface area contributed by atoms with Crippen LogP contribution in [-0.4, -0.2) is 54.3 Å². The smallest absolute Gasteiger partial charge is 0.282 e. The van der Waals surface area contributed by atoms with Gasteiger partial charge in [0.05, 0.1) is 11.3 Å². The molecular formula is C20H20BrN3O2S. The molecular weight excluding hydrogens is 426 g/mol. The Morgan fingerprint density at radius 1 is 1.00 bits per heavy atom. The third-order valence-corrected chi connectivity index (χ3v) is 6.46. The van der Waals surface area contributed by atoms with Gasteiger partial charge in [-0.15, -0.1) is 11.3 Å². The molecule has 1 aromatic carbocycles. The SMILES string of the molecule is CCN1CCN(C2=C(c3cccs3)C(=O)N(c3ccc(Br)cc3)C2=O)CC1. The molecule has 2 aliphatic rings. The highest BCUT2D eigenvalue weighted by molar-refractivity contribution is 9.10. The first kappa shape index (κ1) is 18.4. The van der Waals surface area contributed by atoms with Gasteiger partial charge in [-0.2, -0.15) is 0 Å². The van der Waals surface area contributed by atoms with E-state index in [0.29, 0.717) is 17.0 Å². The van der Waals surface area contributed by atoms with E-state index in [9.17, 15) is 9.59 Å². The van der Waals surface area contributed by atoms with Gasteiger partial charge >= 0.3 is 0 Å². The van der Waals surface area contributed by atoms with Gasteiger partial charge in [0.1, 0.15) is 5.70 Å². The number of halogens is 1. The van der Waals surface area contributed by atoms with Crippen LogP contribution in [0.4, 0.5) is 5.69 Å². The number of benzene rings is 1. The number of imide groups is 1. The van der Waals surface area contributed by atoms with Gasteiger partial charge in [-0.1, -0.05) is 28.9 Å². The fourth-order valence-corrected chi connectivity index (χ4v) is 4.59. The Hall–Kier alpha value is -1.96. The molecule has 0 radical (unpaired) electrons. The lowest BCUT2D eigenvalue weighted by atomic mass is 10.1. The van der Waals surface area contributed by atoms with Crippen molar-refractivity contribution in [3.05, 3.63) is 56.8 Å². The predicted molar refractivity (Wildman–Crippen MR) is 112 cm³/mol. The fourth-order valence-electron chi connectivity index (χ4n) is 3.57. The van der Waals surface area contributed by atoms with Gasteiger partial charge in [-0.3, -0.25) is 9.59 Å². The van der Waals surface area contributed by atoms with E-state index in [1.807, 2.05) is 29.6 Å². The molecule has 0 N–H and O–H groups in total. The minimum absolute atomic E-state index is 0.226. The molecule has 7 heteroatoms. The summed E-state index contributed by atoms with van der Waals surface area (Å²) >= 11 is 4.90. The van der Waals surface area contributed by atoms with Crippen molar-refractivity contribution in [3.63, 3.8) is 0 Å². The van der Waals surface area contributed by atoms with Crippen molar-refractivity contribution < 1.29 is 9.59 Å². The molecule has 0 spiro atoms. The summed E-state index contributed by atoms with van der Waals surface area (Å²) in [5.74, 6) is -0.464. The Morgan fingerprint density at radius 2 is 1.70 bits per heavy atom. The molecule has 140 valence electrons. The first-order valence-corrected chi connectivity index (χ1v) is 10.7. The summed E-state index contributed by atoms with van der Waals surface area (Å²) in [6.07, 6.45) is 0. The highest BCUT2D eigenvalue weighted by Crippen LogP contribution is 2.37. The third-order valence-electron chi connectivity index (χ3n) is 5.05. The Bertz CT molecular complexity index is 884. The zero-order chi connectivity index (χ0) is 19.0. The van der Waals surface area contributed by atoms with Crippen LogP contribution in [0.3, 0.4) is 0 Å². The highest BCUT2D eigenvalue weighted by atomic mass is 79.9. The number of rotatable bonds is 4. The van der Waals surface area contributed by atoms with Crippen LogP contribution >= 0.6 is 27.3 Å². The van der Waals surface area contributed by atoms with Crippen molar-refractivity contribution in [2.75, 3.05) is 37.6 Å². The van der Waals surface area contributed by atoms with Crippen LogP contribution in [0.15, 0.2) is 51.9 Å². The van der Waals surface area contributed by atoms with Gasteiger partial charge in [-0.25, -0.2) is 4.90 Å². The van der Waals surface area contributed by atoms with Gasteiger partial charge < -0.3 is 9.80 Å². The van der Waals surface area contributed by atoms with E-state index in [-0.39, 0.29) is 11.8 Å². The summed E-state index contributed by atoms with van der Waals surface area (Å²) in [6.45, 7) is 6.46. The number of likely N-dealkylation sites (N-methyl/N-ethyl adjacent to an activating group) is 1. The molecule has 2 amide bonds. The minimum atomic E-state index is -0.238. The number of piperazine rings is 1. The van der Waals surface area contributed by atoms with Gasteiger partial charge in [0.2, 0.25) is 0 Å². The van der Waals surface area contributed by atoms with Crippen molar-refractivity contribution in [2.45, 2.75) is 6.92 Å². The van der Waals surface area contributed by atoms with E-state index in [4.69, 9.17) is 0 Å². The lowest BCUT2D eigenvalue weighted by Gasteiger charge is -2.35. The number of thiophene rings is 1. The molecule has 0 bridgehead atoms. The number of carbonyl (C=O) groups is 2.